The molecule has 2 N–H and O–H groups in total. The van der Waals surface area contributed by atoms with Crippen molar-refractivity contribution in [3.63, 3.8) is 0 Å². The van der Waals surface area contributed by atoms with E-state index in [4.69, 9.17) is 5.26 Å². The lowest BCUT2D eigenvalue weighted by Crippen LogP contribution is -2.30. The first-order chi connectivity index (χ1) is 14.0. The molecule has 1 aromatic heterocycles. The van der Waals surface area contributed by atoms with Gasteiger partial charge in [-0.1, -0.05) is 36.4 Å². The monoisotopic (exact) mass is 385 g/mol. The maximum atomic E-state index is 12.8. The largest absolute Gasteiger partial charge is 0.481 e. The zero-order valence-electron chi connectivity index (χ0n) is 15.8. The second-order valence-electron chi connectivity index (χ2n) is 6.64. The first-order valence-electron chi connectivity index (χ1n) is 9.01. The molecule has 0 fully saturated rings. The van der Waals surface area contributed by atoms with Crippen molar-refractivity contribution < 1.29 is 14.7 Å². The van der Waals surface area contributed by atoms with Crippen LogP contribution in [0.5, 0.6) is 0 Å². The van der Waals surface area contributed by atoms with E-state index in [1.54, 1.807) is 30.5 Å². The second kappa shape index (κ2) is 8.81. The number of nitrogens with one attached hydrogen (secondary N) is 1. The molecule has 6 nitrogen and oxygen atoms in total. The van der Waals surface area contributed by atoms with Crippen LogP contribution in [0.4, 0.5) is 0 Å². The third-order valence-electron chi connectivity index (χ3n) is 4.57. The van der Waals surface area contributed by atoms with Gasteiger partial charge in [-0.05, 0) is 41.8 Å². The van der Waals surface area contributed by atoms with E-state index in [9.17, 15) is 14.7 Å². The Morgan fingerprint density at radius 1 is 1.10 bits per heavy atom. The molecule has 0 aliphatic carbocycles. The molecule has 0 saturated carbocycles. The molecule has 0 aliphatic heterocycles. The molecular weight excluding hydrogens is 366 g/mol. The molecule has 1 amide bonds. The quantitative estimate of drug-likeness (QED) is 0.670. The fourth-order valence-corrected chi connectivity index (χ4v) is 3.12. The average molecular weight is 385 g/mol. The van der Waals surface area contributed by atoms with Crippen LogP contribution in [-0.4, -0.2) is 22.0 Å². The van der Waals surface area contributed by atoms with Gasteiger partial charge in [-0.25, -0.2) is 0 Å². The average Bonchev–Trinajstić information content (AvgIpc) is 2.73. The van der Waals surface area contributed by atoms with Gasteiger partial charge in [-0.2, -0.15) is 5.26 Å². The lowest BCUT2D eigenvalue weighted by atomic mass is 9.98. The number of aromatic nitrogens is 1. The van der Waals surface area contributed by atoms with Crippen molar-refractivity contribution in [2.45, 2.75) is 19.4 Å². The fourth-order valence-electron chi connectivity index (χ4n) is 3.12. The first-order valence-corrected chi connectivity index (χ1v) is 9.01. The Hall–Kier alpha value is -3.98. The summed E-state index contributed by atoms with van der Waals surface area (Å²) in [5.74, 6) is -1.41. The zero-order valence-corrected chi connectivity index (χ0v) is 15.8. The minimum absolute atomic E-state index is 0.228. The number of carbonyl (C=O) groups is 2. The lowest BCUT2D eigenvalue weighted by Gasteiger charge is -2.19. The van der Waals surface area contributed by atoms with Crippen molar-refractivity contribution in [1.29, 1.82) is 5.26 Å². The standard InChI is InChI=1S/C23H19N3O3/c1-15-5-2-3-8-20(15)21(11-22(27)28)26-23(29)19-10-18(13-25-14-19)17-7-4-6-16(9-17)12-24/h2-10,13-14,21H,11H2,1H3,(H,26,29)(H,27,28). The van der Waals surface area contributed by atoms with Gasteiger partial charge in [0.2, 0.25) is 0 Å². The summed E-state index contributed by atoms with van der Waals surface area (Å²) >= 11 is 0. The third-order valence-corrected chi connectivity index (χ3v) is 4.57. The van der Waals surface area contributed by atoms with Crippen molar-refractivity contribution in [1.82, 2.24) is 10.3 Å². The number of aryl methyl sites for hydroxylation is 1. The van der Waals surface area contributed by atoms with Gasteiger partial charge < -0.3 is 10.4 Å². The fraction of sp³-hybridized carbons (Fsp3) is 0.130. The molecule has 1 heterocycles. The molecule has 1 atom stereocenters. The van der Waals surface area contributed by atoms with Gasteiger partial charge in [0.05, 0.1) is 29.7 Å². The molecule has 0 bridgehead atoms. The van der Waals surface area contributed by atoms with Gasteiger partial charge >= 0.3 is 5.97 Å². The summed E-state index contributed by atoms with van der Waals surface area (Å²) in [7, 11) is 0. The van der Waals surface area contributed by atoms with Crippen LogP contribution in [0.15, 0.2) is 67.0 Å². The SMILES string of the molecule is Cc1ccccc1C(CC(=O)O)NC(=O)c1cncc(-c2cccc(C#N)c2)c1. The first kappa shape index (κ1) is 19.8. The maximum Gasteiger partial charge on any atom is 0.305 e. The van der Waals surface area contributed by atoms with Crippen LogP contribution >= 0.6 is 0 Å². The van der Waals surface area contributed by atoms with Crippen LogP contribution in [0.25, 0.3) is 11.1 Å². The number of nitriles is 1. The number of amides is 1. The summed E-state index contributed by atoms with van der Waals surface area (Å²) in [6.45, 7) is 1.88. The van der Waals surface area contributed by atoms with Gasteiger partial charge in [0.15, 0.2) is 0 Å². The van der Waals surface area contributed by atoms with Crippen LogP contribution in [0, 0.1) is 18.3 Å². The molecule has 29 heavy (non-hydrogen) atoms. The lowest BCUT2D eigenvalue weighted by molar-refractivity contribution is -0.137. The number of carboxylic acids is 1. The van der Waals surface area contributed by atoms with Crippen molar-refractivity contribution in [2.24, 2.45) is 0 Å². The van der Waals surface area contributed by atoms with Gasteiger partial charge in [-0.15, -0.1) is 0 Å². The van der Waals surface area contributed by atoms with E-state index >= 15 is 0 Å². The van der Waals surface area contributed by atoms with Gasteiger partial charge in [0.1, 0.15) is 0 Å². The normalized spacial score (nSPS) is 11.3. The molecule has 3 aromatic rings. The Labute approximate surface area is 168 Å². The third kappa shape index (κ3) is 4.85. The number of aliphatic carboxylic acids is 1. The summed E-state index contributed by atoms with van der Waals surface area (Å²) in [6.07, 6.45) is 2.82. The molecule has 0 spiro atoms. The Bertz CT molecular complexity index is 1100. The summed E-state index contributed by atoms with van der Waals surface area (Å²) in [5, 5.41) is 21.2. The molecule has 2 aromatic carbocycles. The predicted octanol–water partition coefficient (Wildman–Crippen LogP) is 3.87. The molecular formula is C23H19N3O3. The topological polar surface area (TPSA) is 103 Å². The minimum Gasteiger partial charge on any atom is -0.481 e. The minimum atomic E-state index is -1.00. The Balaban J connectivity index is 1.88. The molecule has 3 rings (SSSR count). The van der Waals surface area contributed by atoms with Gasteiger partial charge in [0.25, 0.3) is 5.91 Å². The van der Waals surface area contributed by atoms with Crippen LogP contribution in [-0.2, 0) is 4.79 Å². The zero-order chi connectivity index (χ0) is 20.8. The number of carbonyl (C=O) groups excluding carboxylic acids is 1. The Morgan fingerprint density at radius 3 is 2.62 bits per heavy atom. The molecule has 0 aliphatic rings. The number of benzene rings is 2. The van der Waals surface area contributed by atoms with Gasteiger partial charge in [0, 0.05) is 18.0 Å². The van der Waals surface area contributed by atoms with E-state index in [1.165, 1.54) is 6.20 Å². The van der Waals surface area contributed by atoms with E-state index in [1.807, 2.05) is 37.3 Å². The van der Waals surface area contributed by atoms with Crippen molar-refractivity contribution >= 4 is 11.9 Å². The highest BCUT2D eigenvalue weighted by atomic mass is 16.4. The van der Waals surface area contributed by atoms with Gasteiger partial charge in [-0.3, -0.25) is 14.6 Å². The Kier molecular flexibility index (Phi) is 6.00. The van der Waals surface area contributed by atoms with E-state index in [0.717, 1.165) is 16.7 Å². The number of carboxylic acid groups (broad SMARTS) is 1. The van der Waals surface area contributed by atoms with Crippen molar-refractivity contribution in [2.75, 3.05) is 0 Å². The van der Waals surface area contributed by atoms with Crippen molar-refractivity contribution in [3.8, 4) is 17.2 Å². The molecule has 1 unspecified atom stereocenters. The van der Waals surface area contributed by atoms with E-state index in [-0.39, 0.29) is 6.42 Å². The number of rotatable bonds is 6. The highest BCUT2D eigenvalue weighted by molar-refractivity contribution is 5.95. The smallest absolute Gasteiger partial charge is 0.305 e. The molecule has 0 radical (unpaired) electrons. The number of nitrogens with zero attached hydrogens (tertiary/aromatic N) is 2. The Morgan fingerprint density at radius 2 is 1.90 bits per heavy atom. The van der Waals surface area contributed by atoms with Crippen LogP contribution < -0.4 is 5.32 Å². The van der Waals surface area contributed by atoms with E-state index < -0.39 is 17.9 Å². The maximum absolute atomic E-state index is 12.8. The van der Waals surface area contributed by atoms with Crippen LogP contribution in [0.1, 0.15) is 39.5 Å². The van der Waals surface area contributed by atoms with E-state index in [0.29, 0.717) is 16.7 Å². The number of hydrogen-bond acceptors (Lipinski definition) is 4. The summed E-state index contributed by atoms with van der Waals surface area (Å²) in [6, 6.07) is 17.5. The highest BCUT2D eigenvalue weighted by Gasteiger charge is 2.20. The highest BCUT2D eigenvalue weighted by Crippen LogP contribution is 2.23. The summed E-state index contributed by atoms with van der Waals surface area (Å²) < 4.78 is 0. The second-order valence-corrected chi connectivity index (χ2v) is 6.64. The summed E-state index contributed by atoms with van der Waals surface area (Å²) in [4.78, 5) is 28.3. The van der Waals surface area contributed by atoms with E-state index in [2.05, 4.69) is 16.4 Å². The van der Waals surface area contributed by atoms with Crippen molar-refractivity contribution in [3.05, 3.63) is 89.2 Å². The predicted molar refractivity (Wildman–Crippen MR) is 108 cm³/mol. The summed E-state index contributed by atoms with van der Waals surface area (Å²) in [5.41, 5.74) is 3.95. The number of pyridine rings is 1. The van der Waals surface area contributed by atoms with Crippen LogP contribution in [0.3, 0.4) is 0 Å². The molecule has 6 heteroatoms. The molecule has 0 saturated heterocycles. The molecule has 144 valence electrons. The van der Waals surface area contributed by atoms with Crippen LogP contribution in [0.2, 0.25) is 0 Å². The number of hydrogen-bond donors (Lipinski definition) is 2.